The van der Waals surface area contributed by atoms with E-state index in [0.29, 0.717) is 30.6 Å². The number of guanidine groups is 1. The van der Waals surface area contributed by atoms with E-state index >= 15 is 0 Å². The summed E-state index contributed by atoms with van der Waals surface area (Å²) in [5.41, 5.74) is 0.159. The van der Waals surface area contributed by atoms with Crippen molar-refractivity contribution in [3.8, 4) is 11.5 Å². The Morgan fingerprint density at radius 2 is 2.16 bits per heavy atom. The molecule has 0 spiro atoms. The van der Waals surface area contributed by atoms with Crippen LogP contribution in [0, 0.1) is 0 Å². The van der Waals surface area contributed by atoms with Gasteiger partial charge in [0, 0.05) is 24.1 Å². The highest BCUT2D eigenvalue weighted by Crippen LogP contribution is 2.30. The van der Waals surface area contributed by atoms with Crippen molar-refractivity contribution in [2.45, 2.75) is 25.9 Å². The van der Waals surface area contributed by atoms with Crippen LogP contribution in [0.25, 0.3) is 0 Å². The molecule has 1 aliphatic heterocycles. The van der Waals surface area contributed by atoms with Crippen molar-refractivity contribution in [3.63, 3.8) is 0 Å². The molecule has 2 rings (SSSR count). The van der Waals surface area contributed by atoms with Gasteiger partial charge in [-0.25, -0.2) is 4.99 Å². The molecule has 1 unspecified atom stereocenters. The maximum Gasteiger partial charge on any atom is 0.195 e. The van der Waals surface area contributed by atoms with E-state index in [2.05, 4.69) is 15.6 Å². The molecule has 3 N–H and O–H groups in total. The van der Waals surface area contributed by atoms with Crippen LogP contribution in [0.3, 0.4) is 0 Å². The molecule has 1 aromatic carbocycles. The highest BCUT2D eigenvalue weighted by molar-refractivity contribution is 14.0. The van der Waals surface area contributed by atoms with Gasteiger partial charge in [0.15, 0.2) is 17.5 Å². The van der Waals surface area contributed by atoms with Crippen molar-refractivity contribution >= 4 is 47.4 Å². The van der Waals surface area contributed by atoms with Crippen LogP contribution in [0.2, 0.25) is 0 Å². The minimum absolute atomic E-state index is 0. The first-order chi connectivity index (χ1) is 11.6. The van der Waals surface area contributed by atoms with E-state index in [-0.39, 0.29) is 24.0 Å². The van der Waals surface area contributed by atoms with E-state index in [1.165, 1.54) is 0 Å². The van der Waals surface area contributed by atoms with Gasteiger partial charge in [-0.05, 0) is 38.2 Å². The molecule has 1 atom stereocenters. The van der Waals surface area contributed by atoms with Crippen molar-refractivity contribution < 1.29 is 14.6 Å². The molecule has 0 bridgehead atoms. The summed E-state index contributed by atoms with van der Waals surface area (Å²) >= 11 is 1.77. The van der Waals surface area contributed by atoms with Crippen molar-refractivity contribution in [3.05, 3.63) is 18.2 Å². The predicted molar refractivity (Wildman–Crippen MR) is 116 cm³/mol. The van der Waals surface area contributed by atoms with Crippen LogP contribution in [-0.2, 0) is 0 Å². The number of benzene rings is 1. The normalized spacial score (nSPS) is 19.9. The lowest BCUT2D eigenvalue weighted by Crippen LogP contribution is -2.36. The number of rotatable bonds is 7. The number of hydrogen-bond acceptors (Lipinski definition) is 5. The highest BCUT2D eigenvalue weighted by atomic mass is 127. The molecule has 0 aliphatic carbocycles. The van der Waals surface area contributed by atoms with Crippen LogP contribution in [-0.4, -0.2) is 55.0 Å². The summed E-state index contributed by atoms with van der Waals surface area (Å²) in [5, 5.41) is 16.9. The fourth-order valence-electron chi connectivity index (χ4n) is 2.41. The van der Waals surface area contributed by atoms with Crippen LogP contribution in [0.4, 0.5) is 5.69 Å². The predicted octanol–water partition coefficient (Wildman–Crippen LogP) is 2.96. The number of thioether (sulfide) groups is 1. The van der Waals surface area contributed by atoms with E-state index in [1.54, 1.807) is 18.9 Å². The quantitative estimate of drug-likeness (QED) is 0.316. The summed E-state index contributed by atoms with van der Waals surface area (Å²) in [6.07, 6.45) is 0.789. The third-order valence-corrected chi connectivity index (χ3v) is 4.92. The standard InChI is InChI=1S/C17H27N3O3S.HI/c1-4-18-16(19-11-17(21)8-9-24-12-17)20-13-6-7-14(23-5-2)15(10-13)22-3;/h6-7,10,21H,4-5,8-9,11-12H2,1-3H3,(H2,18,19,20);1H. The molecule has 0 amide bonds. The molecule has 142 valence electrons. The van der Waals surface area contributed by atoms with Gasteiger partial charge < -0.3 is 25.2 Å². The molecule has 0 radical (unpaired) electrons. The van der Waals surface area contributed by atoms with E-state index in [9.17, 15) is 5.11 Å². The molecule has 8 heteroatoms. The summed E-state index contributed by atoms with van der Waals surface area (Å²) in [6.45, 7) is 5.67. The number of nitrogens with one attached hydrogen (secondary N) is 2. The Morgan fingerprint density at radius 3 is 2.76 bits per heavy atom. The lowest BCUT2D eigenvalue weighted by atomic mass is 10.1. The smallest absolute Gasteiger partial charge is 0.195 e. The minimum Gasteiger partial charge on any atom is -0.493 e. The van der Waals surface area contributed by atoms with Crippen molar-refractivity contribution in [2.24, 2.45) is 4.99 Å². The molecular weight excluding hydrogens is 453 g/mol. The Balaban J connectivity index is 0.00000312. The van der Waals surface area contributed by atoms with Crippen molar-refractivity contribution in [2.75, 3.05) is 43.6 Å². The summed E-state index contributed by atoms with van der Waals surface area (Å²) in [5.74, 6) is 3.76. The number of hydrogen-bond donors (Lipinski definition) is 3. The average Bonchev–Trinajstić information content (AvgIpc) is 3.01. The van der Waals surface area contributed by atoms with Crippen LogP contribution in [0.1, 0.15) is 20.3 Å². The lowest BCUT2D eigenvalue weighted by Gasteiger charge is -2.20. The zero-order valence-electron chi connectivity index (χ0n) is 15.0. The monoisotopic (exact) mass is 481 g/mol. The minimum atomic E-state index is -0.691. The third-order valence-electron chi connectivity index (χ3n) is 3.68. The number of halogens is 1. The van der Waals surface area contributed by atoms with Gasteiger partial charge in [0.25, 0.3) is 0 Å². The zero-order chi connectivity index (χ0) is 17.4. The topological polar surface area (TPSA) is 75.1 Å². The number of nitrogens with zero attached hydrogens (tertiary/aromatic N) is 1. The second-order valence-corrected chi connectivity index (χ2v) is 6.75. The van der Waals surface area contributed by atoms with E-state index < -0.39 is 5.60 Å². The first-order valence-corrected chi connectivity index (χ1v) is 9.42. The number of methoxy groups -OCH3 is 1. The summed E-state index contributed by atoms with van der Waals surface area (Å²) in [7, 11) is 1.62. The van der Waals surface area contributed by atoms with Gasteiger partial charge in [0.05, 0.1) is 25.9 Å². The second-order valence-electron chi connectivity index (χ2n) is 5.65. The maximum absolute atomic E-state index is 10.4. The molecule has 1 fully saturated rings. The molecular formula is C17H28IN3O3S. The van der Waals surface area contributed by atoms with E-state index in [0.717, 1.165) is 30.2 Å². The molecule has 1 aliphatic rings. The van der Waals surface area contributed by atoms with Gasteiger partial charge in [-0.2, -0.15) is 11.8 Å². The Hall–Kier alpha value is -0.870. The molecule has 25 heavy (non-hydrogen) atoms. The SMILES string of the molecule is CCNC(=NCC1(O)CCSC1)Nc1ccc(OCC)c(OC)c1.I. The van der Waals surface area contributed by atoms with Gasteiger partial charge in [-0.1, -0.05) is 0 Å². The Morgan fingerprint density at radius 1 is 1.36 bits per heavy atom. The summed E-state index contributed by atoms with van der Waals surface area (Å²) in [6, 6.07) is 5.66. The molecule has 1 heterocycles. The van der Waals surface area contributed by atoms with Crippen LogP contribution in [0.15, 0.2) is 23.2 Å². The summed E-state index contributed by atoms with van der Waals surface area (Å²) in [4.78, 5) is 4.54. The number of aliphatic hydroxyl groups is 1. The molecule has 0 saturated carbocycles. The number of aliphatic imine (C=N–C) groups is 1. The molecule has 1 saturated heterocycles. The molecule has 0 aromatic heterocycles. The Labute approximate surface area is 171 Å². The fourth-order valence-corrected chi connectivity index (χ4v) is 3.70. The van der Waals surface area contributed by atoms with Gasteiger partial charge in [0.1, 0.15) is 0 Å². The van der Waals surface area contributed by atoms with Gasteiger partial charge >= 0.3 is 0 Å². The zero-order valence-corrected chi connectivity index (χ0v) is 18.1. The van der Waals surface area contributed by atoms with Gasteiger partial charge in [-0.15, -0.1) is 24.0 Å². The van der Waals surface area contributed by atoms with Crippen LogP contribution >= 0.6 is 35.7 Å². The number of anilines is 1. The second kappa shape index (κ2) is 11.0. The van der Waals surface area contributed by atoms with Gasteiger partial charge in [0.2, 0.25) is 0 Å². The Bertz CT molecular complexity index is 566. The average molecular weight is 481 g/mol. The van der Waals surface area contributed by atoms with Crippen LogP contribution < -0.4 is 20.1 Å². The Kier molecular flexibility index (Phi) is 9.73. The first kappa shape index (κ1) is 22.2. The largest absolute Gasteiger partial charge is 0.493 e. The number of ether oxygens (including phenoxy) is 2. The highest BCUT2D eigenvalue weighted by Gasteiger charge is 2.31. The van der Waals surface area contributed by atoms with Gasteiger partial charge in [-0.3, -0.25) is 0 Å². The van der Waals surface area contributed by atoms with Crippen molar-refractivity contribution in [1.82, 2.24) is 5.32 Å². The first-order valence-electron chi connectivity index (χ1n) is 8.26. The molecule has 1 aromatic rings. The van der Waals surface area contributed by atoms with Crippen molar-refractivity contribution in [1.29, 1.82) is 0 Å². The van der Waals surface area contributed by atoms with Crippen LogP contribution in [0.5, 0.6) is 11.5 Å². The van der Waals surface area contributed by atoms with E-state index in [4.69, 9.17) is 9.47 Å². The summed E-state index contributed by atoms with van der Waals surface area (Å²) < 4.78 is 10.9. The maximum atomic E-state index is 10.4. The van der Waals surface area contributed by atoms with E-state index in [1.807, 2.05) is 32.0 Å². The molecule has 6 nitrogen and oxygen atoms in total. The third kappa shape index (κ3) is 6.74. The fraction of sp³-hybridized carbons (Fsp3) is 0.588. The lowest BCUT2D eigenvalue weighted by molar-refractivity contribution is 0.0779.